The van der Waals surface area contributed by atoms with Crippen molar-refractivity contribution in [3.63, 3.8) is 0 Å². The van der Waals surface area contributed by atoms with Gasteiger partial charge in [0.2, 0.25) is 5.91 Å². The highest BCUT2D eigenvalue weighted by molar-refractivity contribution is 8.01. The van der Waals surface area contributed by atoms with Crippen molar-refractivity contribution in [1.29, 1.82) is 0 Å². The maximum absolute atomic E-state index is 11.4. The van der Waals surface area contributed by atoms with Crippen LogP contribution < -0.4 is 11.1 Å². The molecule has 1 rings (SSSR count). The van der Waals surface area contributed by atoms with Crippen LogP contribution in [0.5, 0.6) is 0 Å². The lowest BCUT2D eigenvalue weighted by molar-refractivity contribution is -0.122. The van der Waals surface area contributed by atoms with E-state index in [1.165, 1.54) is 4.21 Å². The van der Waals surface area contributed by atoms with Gasteiger partial charge in [0.25, 0.3) is 0 Å². The first kappa shape index (κ1) is 13.5. The summed E-state index contributed by atoms with van der Waals surface area (Å²) in [5.41, 5.74) is 4.82. The van der Waals surface area contributed by atoms with Gasteiger partial charge in [-0.1, -0.05) is 13.0 Å². The SMILES string of the molecule is CCCNC(C)(CSc1cccs1)C(N)=O. The fourth-order valence-corrected chi connectivity index (χ4v) is 3.09. The van der Waals surface area contributed by atoms with E-state index >= 15 is 0 Å². The number of primary amides is 1. The maximum Gasteiger partial charge on any atom is 0.238 e. The number of nitrogens with one attached hydrogen (secondary N) is 1. The predicted molar refractivity (Wildman–Crippen MR) is 70.9 cm³/mol. The Morgan fingerprint density at radius 1 is 1.69 bits per heavy atom. The summed E-state index contributed by atoms with van der Waals surface area (Å²) in [6.07, 6.45) is 0.993. The van der Waals surface area contributed by atoms with Crippen molar-refractivity contribution in [3.05, 3.63) is 17.5 Å². The third kappa shape index (κ3) is 3.81. The summed E-state index contributed by atoms with van der Waals surface area (Å²) in [6, 6.07) is 4.06. The molecule has 0 radical (unpaired) electrons. The number of nitrogens with two attached hydrogens (primary N) is 1. The summed E-state index contributed by atoms with van der Waals surface area (Å²) in [4.78, 5) is 11.4. The third-order valence-electron chi connectivity index (χ3n) is 2.31. The van der Waals surface area contributed by atoms with Gasteiger partial charge in [-0.3, -0.25) is 4.79 Å². The summed E-state index contributed by atoms with van der Waals surface area (Å²) >= 11 is 3.35. The lowest BCUT2D eigenvalue weighted by atomic mass is 10.1. The van der Waals surface area contributed by atoms with E-state index in [1.807, 2.05) is 18.4 Å². The molecule has 0 aliphatic rings. The van der Waals surface area contributed by atoms with E-state index in [0.717, 1.165) is 13.0 Å². The molecule has 0 aliphatic heterocycles. The van der Waals surface area contributed by atoms with Crippen molar-refractivity contribution in [2.45, 2.75) is 30.0 Å². The molecule has 3 N–H and O–H groups in total. The fraction of sp³-hybridized carbons (Fsp3) is 0.545. The third-order valence-corrected chi connectivity index (χ3v) is 4.75. The number of amides is 1. The fourth-order valence-electron chi connectivity index (χ4n) is 1.17. The van der Waals surface area contributed by atoms with E-state index in [0.29, 0.717) is 5.75 Å². The number of carbonyl (C=O) groups excluding carboxylic acids is 1. The molecule has 5 heteroatoms. The first-order valence-corrected chi connectivity index (χ1v) is 7.16. The van der Waals surface area contributed by atoms with Crippen molar-refractivity contribution in [3.8, 4) is 0 Å². The number of hydrogen-bond donors (Lipinski definition) is 2. The average molecular weight is 258 g/mol. The second kappa shape index (κ2) is 6.27. The summed E-state index contributed by atoms with van der Waals surface area (Å²) < 4.78 is 1.21. The Labute approximate surface area is 105 Å². The van der Waals surface area contributed by atoms with E-state index in [9.17, 15) is 4.79 Å². The van der Waals surface area contributed by atoms with Crippen LogP contribution in [0, 0.1) is 0 Å². The zero-order chi connectivity index (χ0) is 12.0. The van der Waals surface area contributed by atoms with Crippen LogP contribution in [0.15, 0.2) is 21.7 Å². The van der Waals surface area contributed by atoms with Gasteiger partial charge in [0, 0.05) is 5.75 Å². The van der Waals surface area contributed by atoms with Gasteiger partial charge >= 0.3 is 0 Å². The molecule has 16 heavy (non-hydrogen) atoms. The Balaban J connectivity index is 2.53. The second-order valence-corrected chi connectivity index (χ2v) is 6.07. The van der Waals surface area contributed by atoms with Crippen molar-refractivity contribution in [2.75, 3.05) is 12.3 Å². The molecule has 1 heterocycles. The number of thioether (sulfide) groups is 1. The lowest BCUT2D eigenvalue weighted by Crippen LogP contribution is -2.55. The summed E-state index contributed by atoms with van der Waals surface area (Å²) in [5.74, 6) is 0.382. The van der Waals surface area contributed by atoms with Crippen molar-refractivity contribution < 1.29 is 4.79 Å². The molecule has 0 saturated carbocycles. The van der Waals surface area contributed by atoms with E-state index in [1.54, 1.807) is 23.1 Å². The van der Waals surface area contributed by atoms with Crippen molar-refractivity contribution in [2.24, 2.45) is 5.73 Å². The average Bonchev–Trinajstić information content (AvgIpc) is 2.76. The first-order valence-electron chi connectivity index (χ1n) is 5.29. The van der Waals surface area contributed by atoms with Crippen LogP contribution in [0.2, 0.25) is 0 Å². The molecule has 3 nitrogen and oxygen atoms in total. The highest BCUT2D eigenvalue weighted by Gasteiger charge is 2.30. The maximum atomic E-state index is 11.4. The molecular weight excluding hydrogens is 240 g/mol. The summed E-state index contributed by atoms with van der Waals surface area (Å²) in [5, 5.41) is 5.25. The molecule has 1 aromatic rings. The topological polar surface area (TPSA) is 55.1 Å². The van der Waals surface area contributed by atoms with Crippen LogP contribution in [0.3, 0.4) is 0 Å². The molecule has 0 aromatic carbocycles. The first-order chi connectivity index (χ1) is 7.58. The van der Waals surface area contributed by atoms with Gasteiger partial charge in [-0.15, -0.1) is 23.1 Å². The molecule has 1 atom stereocenters. The molecule has 1 aromatic heterocycles. The van der Waals surface area contributed by atoms with Crippen molar-refractivity contribution in [1.82, 2.24) is 5.32 Å². The lowest BCUT2D eigenvalue weighted by Gasteiger charge is -2.26. The van der Waals surface area contributed by atoms with Gasteiger partial charge in [0.1, 0.15) is 5.54 Å². The van der Waals surface area contributed by atoms with Crippen LogP contribution in [0.4, 0.5) is 0 Å². The molecule has 0 spiro atoms. The Kier molecular flexibility index (Phi) is 5.31. The Bertz CT molecular complexity index is 327. The van der Waals surface area contributed by atoms with Gasteiger partial charge in [0.15, 0.2) is 0 Å². The minimum Gasteiger partial charge on any atom is -0.368 e. The molecule has 0 aliphatic carbocycles. The Morgan fingerprint density at radius 2 is 2.44 bits per heavy atom. The number of thiophene rings is 1. The molecule has 0 fully saturated rings. The predicted octanol–water partition coefficient (Wildman–Crippen LogP) is 2.08. The molecule has 90 valence electrons. The van der Waals surface area contributed by atoms with Gasteiger partial charge in [-0.2, -0.15) is 0 Å². The standard InChI is InChI=1S/C11H18N2OS2/c1-3-6-13-11(2,10(12)14)8-16-9-5-4-7-15-9/h4-5,7,13H,3,6,8H2,1-2H3,(H2,12,14). The quantitative estimate of drug-likeness (QED) is 0.736. The molecule has 1 amide bonds. The van der Waals surface area contributed by atoms with E-state index in [-0.39, 0.29) is 5.91 Å². The molecule has 0 bridgehead atoms. The van der Waals surface area contributed by atoms with Crippen LogP contribution in [0.1, 0.15) is 20.3 Å². The zero-order valence-corrected chi connectivity index (χ0v) is 11.3. The number of carbonyl (C=O) groups is 1. The van der Waals surface area contributed by atoms with E-state index in [2.05, 4.69) is 18.3 Å². The van der Waals surface area contributed by atoms with Crippen molar-refractivity contribution >= 4 is 29.0 Å². The van der Waals surface area contributed by atoms with Crippen LogP contribution in [-0.2, 0) is 4.79 Å². The minimum atomic E-state index is -0.620. The van der Waals surface area contributed by atoms with Crippen LogP contribution in [0.25, 0.3) is 0 Å². The van der Waals surface area contributed by atoms with E-state index < -0.39 is 5.54 Å². The summed E-state index contributed by atoms with van der Waals surface area (Å²) in [7, 11) is 0. The highest BCUT2D eigenvalue weighted by atomic mass is 32.2. The zero-order valence-electron chi connectivity index (χ0n) is 9.66. The second-order valence-electron chi connectivity index (χ2n) is 3.84. The Hall–Kier alpha value is -0.520. The molecular formula is C11H18N2OS2. The number of hydrogen-bond acceptors (Lipinski definition) is 4. The largest absolute Gasteiger partial charge is 0.368 e. The van der Waals surface area contributed by atoms with Crippen LogP contribution >= 0.6 is 23.1 Å². The van der Waals surface area contributed by atoms with Gasteiger partial charge in [-0.05, 0) is 31.3 Å². The smallest absolute Gasteiger partial charge is 0.238 e. The van der Waals surface area contributed by atoms with E-state index in [4.69, 9.17) is 5.73 Å². The minimum absolute atomic E-state index is 0.287. The van der Waals surface area contributed by atoms with Gasteiger partial charge in [-0.25, -0.2) is 0 Å². The Morgan fingerprint density at radius 3 is 2.94 bits per heavy atom. The highest BCUT2D eigenvalue weighted by Crippen LogP contribution is 2.26. The monoisotopic (exact) mass is 258 g/mol. The van der Waals surface area contributed by atoms with Crippen LogP contribution in [-0.4, -0.2) is 23.7 Å². The summed E-state index contributed by atoms with van der Waals surface area (Å²) in [6.45, 7) is 4.75. The molecule has 1 unspecified atom stereocenters. The van der Waals surface area contributed by atoms with Gasteiger partial charge < -0.3 is 11.1 Å². The molecule has 0 saturated heterocycles. The van der Waals surface area contributed by atoms with Gasteiger partial charge in [0.05, 0.1) is 4.21 Å². The number of rotatable bonds is 7. The normalized spacial score (nSPS) is 14.6.